The van der Waals surface area contributed by atoms with Crippen LogP contribution in [-0.2, 0) is 4.79 Å². The van der Waals surface area contributed by atoms with Crippen LogP contribution in [0.1, 0.15) is 46.1 Å². The van der Waals surface area contributed by atoms with Gasteiger partial charge in [0.25, 0.3) is 5.91 Å². The fourth-order valence-electron chi connectivity index (χ4n) is 1.90. The van der Waals surface area contributed by atoms with E-state index in [0.29, 0.717) is 12.5 Å². The third-order valence-corrected chi connectivity index (χ3v) is 4.02. The molecular formula is C17H29ClN2O2. The zero-order chi connectivity index (χ0) is 16.0. The summed E-state index contributed by atoms with van der Waals surface area (Å²) < 4.78 is 5.58. The lowest BCUT2D eigenvalue weighted by Crippen LogP contribution is -2.56. The van der Waals surface area contributed by atoms with E-state index >= 15 is 0 Å². The summed E-state index contributed by atoms with van der Waals surface area (Å²) in [4.78, 5) is 12.0. The molecule has 0 heterocycles. The van der Waals surface area contributed by atoms with Gasteiger partial charge in [-0.25, -0.2) is 0 Å². The van der Waals surface area contributed by atoms with Gasteiger partial charge in [-0.2, -0.15) is 0 Å². The molecule has 1 amide bonds. The molecule has 0 saturated carbocycles. The maximum absolute atomic E-state index is 12.0. The van der Waals surface area contributed by atoms with Crippen molar-refractivity contribution >= 4 is 18.3 Å². The van der Waals surface area contributed by atoms with E-state index in [4.69, 9.17) is 10.5 Å². The summed E-state index contributed by atoms with van der Waals surface area (Å²) in [6.45, 7) is 10.7. The van der Waals surface area contributed by atoms with Gasteiger partial charge < -0.3 is 15.8 Å². The molecule has 1 aromatic carbocycles. The largest absolute Gasteiger partial charge is 0.484 e. The number of amides is 1. The molecule has 0 radical (unpaired) electrons. The second-order valence-electron chi connectivity index (χ2n) is 6.34. The van der Waals surface area contributed by atoms with Crippen LogP contribution >= 0.6 is 12.4 Å². The fraction of sp³-hybridized carbons (Fsp3) is 0.588. The average Bonchev–Trinajstić information content (AvgIpc) is 2.45. The number of carbonyl (C=O) groups is 1. The minimum Gasteiger partial charge on any atom is -0.484 e. The molecule has 1 rings (SSSR count). The van der Waals surface area contributed by atoms with Gasteiger partial charge in [0.2, 0.25) is 0 Å². The van der Waals surface area contributed by atoms with E-state index in [-0.39, 0.29) is 30.8 Å². The average molecular weight is 329 g/mol. The first-order valence-corrected chi connectivity index (χ1v) is 7.52. The van der Waals surface area contributed by atoms with Gasteiger partial charge in [0.05, 0.1) is 5.54 Å². The van der Waals surface area contributed by atoms with E-state index in [1.807, 2.05) is 39.0 Å². The molecule has 0 saturated heterocycles. The fourth-order valence-corrected chi connectivity index (χ4v) is 1.90. The molecule has 0 fully saturated rings. The second kappa shape index (κ2) is 9.01. The standard InChI is InChI=1S/C17H28N2O2.ClH/c1-12(2)14-7-6-8-15(9-14)21-10-16(20)19-17(5,11-18)13(3)4;/h6-9,12-13H,10-11,18H2,1-5H3,(H,19,20);1H. The molecule has 1 unspecified atom stereocenters. The number of nitrogens with one attached hydrogen (secondary N) is 1. The molecule has 1 atom stereocenters. The molecule has 22 heavy (non-hydrogen) atoms. The highest BCUT2D eigenvalue weighted by Gasteiger charge is 2.28. The van der Waals surface area contributed by atoms with Gasteiger partial charge in [0.15, 0.2) is 6.61 Å². The number of ether oxygens (including phenoxy) is 1. The zero-order valence-corrected chi connectivity index (χ0v) is 15.0. The second-order valence-corrected chi connectivity index (χ2v) is 6.34. The van der Waals surface area contributed by atoms with Crippen LogP contribution in [0.5, 0.6) is 5.75 Å². The number of nitrogens with two attached hydrogens (primary N) is 1. The van der Waals surface area contributed by atoms with Crippen LogP contribution in [0.25, 0.3) is 0 Å². The van der Waals surface area contributed by atoms with Crippen LogP contribution in [-0.4, -0.2) is 24.6 Å². The zero-order valence-electron chi connectivity index (χ0n) is 14.2. The van der Waals surface area contributed by atoms with Crippen LogP contribution in [0, 0.1) is 5.92 Å². The van der Waals surface area contributed by atoms with E-state index in [1.165, 1.54) is 5.56 Å². The third-order valence-electron chi connectivity index (χ3n) is 4.02. The molecular weight excluding hydrogens is 300 g/mol. The molecule has 0 aliphatic rings. The molecule has 5 heteroatoms. The predicted molar refractivity (Wildman–Crippen MR) is 93.7 cm³/mol. The van der Waals surface area contributed by atoms with Gasteiger partial charge in [-0.15, -0.1) is 12.4 Å². The molecule has 4 nitrogen and oxygen atoms in total. The van der Waals surface area contributed by atoms with Crippen molar-refractivity contribution < 1.29 is 9.53 Å². The Morgan fingerprint density at radius 3 is 2.45 bits per heavy atom. The highest BCUT2D eigenvalue weighted by molar-refractivity contribution is 5.85. The molecule has 0 aliphatic heterocycles. The van der Waals surface area contributed by atoms with Crippen molar-refractivity contribution in [3.8, 4) is 5.75 Å². The minimum absolute atomic E-state index is 0. The Bertz CT molecular complexity index is 477. The van der Waals surface area contributed by atoms with Crippen LogP contribution < -0.4 is 15.8 Å². The van der Waals surface area contributed by atoms with E-state index in [9.17, 15) is 4.79 Å². The molecule has 0 spiro atoms. The molecule has 126 valence electrons. The molecule has 1 aromatic rings. The Hall–Kier alpha value is -1.26. The summed E-state index contributed by atoms with van der Waals surface area (Å²) >= 11 is 0. The minimum atomic E-state index is -0.403. The quantitative estimate of drug-likeness (QED) is 0.808. The number of benzene rings is 1. The Morgan fingerprint density at radius 1 is 1.32 bits per heavy atom. The van der Waals surface area contributed by atoms with Crippen LogP contribution in [0.2, 0.25) is 0 Å². The predicted octanol–water partition coefficient (Wildman–Crippen LogP) is 3.10. The summed E-state index contributed by atoms with van der Waals surface area (Å²) in [6, 6.07) is 7.84. The summed E-state index contributed by atoms with van der Waals surface area (Å²) in [5.74, 6) is 1.27. The maximum atomic E-state index is 12.0. The first kappa shape index (κ1) is 20.7. The molecule has 0 aromatic heterocycles. The van der Waals surface area contributed by atoms with Gasteiger partial charge in [0.1, 0.15) is 5.75 Å². The number of rotatable bonds is 7. The smallest absolute Gasteiger partial charge is 0.258 e. The van der Waals surface area contributed by atoms with Crippen molar-refractivity contribution in [3.63, 3.8) is 0 Å². The Kier molecular flexibility index (Phi) is 8.49. The number of hydrogen-bond donors (Lipinski definition) is 2. The van der Waals surface area contributed by atoms with Crippen molar-refractivity contribution in [2.45, 2.75) is 46.1 Å². The Balaban J connectivity index is 0.00000441. The SMILES string of the molecule is CC(C)c1cccc(OCC(=O)NC(C)(CN)C(C)C)c1.Cl. The normalized spacial score (nSPS) is 13.5. The van der Waals surface area contributed by atoms with Crippen LogP contribution in [0.4, 0.5) is 0 Å². The number of hydrogen-bond acceptors (Lipinski definition) is 3. The highest BCUT2D eigenvalue weighted by atomic mass is 35.5. The van der Waals surface area contributed by atoms with E-state index in [1.54, 1.807) is 0 Å². The van der Waals surface area contributed by atoms with Gasteiger partial charge in [-0.05, 0) is 36.5 Å². The third kappa shape index (κ3) is 5.85. The lowest BCUT2D eigenvalue weighted by atomic mass is 9.88. The highest BCUT2D eigenvalue weighted by Crippen LogP contribution is 2.20. The first-order chi connectivity index (χ1) is 9.78. The Morgan fingerprint density at radius 2 is 1.95 bits per heavy atom. The van der Waals surface area contributed by atoms with E-state index in [2.05, 4.69) is 25.2 Å². The number of halogens is 1. The van der Waals surface area contributed by atoms with Gasteiger partial charge >= 0.3 is 0 Å². The van der Waals surface area contributed by atoms with Crippen molar-refractivity contribution in [2.75, 3.05) is 13.2 Å². The van der Waals surface area contributed by atoms with Crippen molar-refractivity contribution in [2.24, 2.45) is 11.7 Å². The summed E-state index contributed by atoms with van der Waals surface area (Å²) in [7, 11) is 0. The van der Waals surface area contributed by atoms with Crippen molar-refractivity contribution in [1.82, 2.24) is 5.32 Å². The lowest BCUT2D eigenvalue weighted by molar-refractivity contribution is -0.125. The molecule has 0 bridgehead atoms. The van der Waals surface area contributed by atoms with E-state index in [0.717, 1.165) is 5.75 Å². The van der Waals surface area contributed by atoms with Gasteiger partial charge in [0, 0.05) is 6.54 Å². The maximum Gasteiger partial charge on any atom is 0.258 e. The summed E-state index contributed by atoms with van der Waals surface area (Å²) in [5, 5.41) is 2.96. The number of carbonyl (C=O) groups excluding carboxylic acids is 1. The topological polar surface area (TPSA) is 64.3 Å². The lowest BCUT2D eigenvalue weighted by Gasteiger charge is -2.33. The monoisotopic (exact) mass is 328 g/mol. The van der Waals surface area contributed by atoms with Crippen LogP contribution in [0.3, 0.4) is 0 Å². The van der Waals surface area contributed by atoms with Gasteiger partial charge in [-0.1, -0.05) is 39.8 Å². The first-order valence-electron chi connectivity index (χ1n) is 7.52. The van der Waals surface area contributed by atoms with Crippen LogP contribution in [0.15, 0.2) is 24.3 Å². The van der Waals surface area contributed by atoms with Crippen molar-refractivity contribution in [1.29, 1.82) is 0 Å². The molecule has 0 aliphatic carbocycles. The summed E-state index contributed by atoms with van der Waals surface area (Å²) in [5.41, 5.74) is 6.55. The molecule has 3 N–H and O–H groups in total. The van der Waals surface area contributed by atoms with Crippen molar-refractivity contribution in [3.05, 3.63) is 29.8 Å². The van der Waals surface area contributed by atoms with Gasteiger partial charge in [-0.3, -0.25) is 4.79 Å². The summed E-state index contributed by atoms with van der Waals surface area (Å²) in [6.07, 6.45) is 0. The Labute approximate surface area is 140 Å². The van der Waals surface area contributed by atoms with E-state index < -0.39 is 5.54 Å².